The minimum absolute atomic E-state index is 0.0541. The standard InChI is InChI=1S/C17H21IOS/c1-9-5-13-14(6-10(9)2)17(20-18)8-12(4)11(3)7-15(17)16(13)19/h15H,5-8H2,1-4H3/t15-,17-/m0/s1. The van der Waals surface area contributed by atoms with E-state index in [0.717, 1.165) is 31.3 Å². The van der Waals surface area contributed by atoms with Crippen LogP contribution in [0.2, 0.25) is 0 Å². The van der Waals surface area contributed by atoms with Crippen LogP contribution in [-0.2, 0) is 4.79 Å². The molecular weight excluding hydrogens is 379 g/mol. The van der Waals surface area contributed by atoms with Crippen LogP contribution in [0.4, 0.5) is 0 Å². The molecule has 0 unspecified atom stereocenters. The fraction of sp³-hybridized carbons (Fsp3) is 0.588. The van der Waals surface area contributed by atoms with Gasteiger partial charge < -0.3 is 0 Å². The summed E-state index contributed by atoms with van der Waals surface area (Å²) in [5.74, 6) is 0.639. The van der Waals surface area contributed by atoms with Crippen molar-refractivity contribution in [1.29, 1.82) is 0 Å². The predicted molar refractivity (Wildman–Crippen MR) is 95.1 cm³/mol. The second-order valence-electron chi connectivity index (χ2n) is 6.70. The highest BCUT2D eigenvalue weighted by atomic mass is 127. The molecule has 20 heavy (non-hydrogen) atoms. The van der Waals surface area contributed by atoms with Crippen LogP contribution in [0.3, 0.4) is 0 Å². The SMILES string of the molecule is CC1=C(C)CC2=C(C1)C(=O)[C@@H]1CC(C)=C(C)C[C@]21SI. The average Bonchev–Trinajstić information content (AvgIpc) is 2.63. The van der Waals surface area contributed by atoms with E-state index >= 15 is 0 Å². The van der Waals surface area contributed by atoms with E-state index in [1.165, 1.54) is 27.9 Å². The van der Waals surface area contributed by atoms with Crippen molar-refractivity contribution in [2.45, 2.75) is 58.1 Å². The molecule has 0 aromatic rings. The molecule has 3 aliphatic rings. The van der Waals surface area contributed by atoms with Crippen molar-refractivity contribution in [1.82, 2.24) is 0 Å². The molecule has 0 amide bonds. The van der Waals surface area contributed by atoms with E-state index < -0.39 is 0 Å². The van der Waals surface area contributed by atoms with Gasteiger partial charge in [0, 0.05) is 11.5 Å². The lowest BCUT2D eigenvalue weighted by Crippen LogP contribution is -2.38. The van der Waals surface area contributed by atoms with Crippen LogP contribution < -0.4 is 0 Å². The van der Waals surface area contributed by atoms with Gasteiger partial charge in [-0.15, -0.1) is 0 Å². The zero-order chi connectivity index (χ0) is 14.7. The fourth-order valence-electron chi connectivity index (χ4n) is 3.96. The normalized spacial score (nSPS) is 33.9. The number of carbonyl (C=O) groups excluding carboxylic acids is 1. The van der Waals surface area contributed by atoms with Gasteiger partial charge in [0.2, 0.25) is 0 Å². The molecule has 0 saturated heterocycles. The molecule has 1 nitrogen and oxygen atoms in total. The Kier molecular flexibility index (Phi) is 3.73. The van der Waals surface area contributed by atoms with Crippen LogP contribution in [0.25, 0.3) is 0 Å². The lowest BCUT2D eigenvalue weighted by molar-refractivity contribution is -0.119. The number of hydrogen-bond acceptors (Lipinski definition) is 2. The Morgan fingerprint density at radius 2 is 1.70 bits per heavy atom. The summed E-state index contributed by atoms with van der Waals surface area (Å²) in [7, 11) is 1.90. The number of hydrogen-bond donors (Lipinski definition) is 0. The minimum Gasteiger partial charge on any atom is -0.294 e. The minimum atomic E-state index is 0.0541. The zero-order valence-electron chi connectivity index (χ0n) is 12.6. The van der Waals surface area contributed by atoms with Gasteiger partial charge in [0.15, 0.2) is 5.78 Å². The highest BCUT2D eigenvalue weighted by Crippen LogP contribution is 2.61. The highest BCUT2D eigenvalue weighted by molar-refractivity contribution is 14.2. The van der Waals surface area contributed by atoms with Crippen molar-refractivity contribution >= 4 is 35.9 Å². The van der Waals surface area contributed by atoms with Crippen LogP contribution in [0.5, 0.6) is 0 Å². The van der Waals surface area contributed by atoms with Crippen molar-refractivity contribution in [2.24, 2.45) is 5.92 Å². The Morgan fingerprint density at radius 3 is 2.35 bits per heavy atom. The van der Waals surface area contributed by atoms with E-state index in [1.54, 1.807) is 0 Å². The maximum Gasteiger partial charge on any atom is 0.164 e. The van der Waals surface area contributed by atoms with Gasteiger partial charge in [0.05, 0.1) is 4.75 Å². The first-order valence-electron chi connectivity index (χ1n) is 7.27. The van der Waals surface area contributed by atoms with Crippen LogP contribution in [0, 0.1) is 5.92 Å². The Morgan fingerprint density at radius 1 is 1.05 bits per heavy atom. The summed E-state index contributed by atoms with van der Waals surface area (Å²) in [5, 5.41) is 0. The number of carbonyl (C=O) groups is 1. The predicted octanol–water partition coefficient (Wildman–Crippen LogP) is 5.56. The summed E-state index contributed by atoms with van der Waals surface area (Å²) in [4.78, 5) is 12.9. The monoisotopic (exact) mass is 400 g/mol. The third-order valence-corrected chi connectivity index (χ3v) is 8.88. The summed E-state index contributed by atoms with van der Waals surface area (Å²) < 4.78 is 0.0541. The first kappa shape index (κ1) is 14.9. The third-order valence-electron chi connectivity index (χ3n) is 5.57. The van der Waals surface area contributed by atoms with Crippen molar-refractivity contribution in [3.05, 3.63) is 33.4 Å². The first-order chi connectivity index (χ1) is 9.40. The zero-order valence-corrected chi connectivity index (χ0v) is 15.6. The molecule has 3 aliphatic carbocycles. The number of halogens is 1. The number of ketones is 1. The second-order valence-corrected chi connectivity index (χ2v) is 8.90. The third kappa shape index (κ3) is 1.92. The van der Waals surface area contributed by atoms with Crippen molar-refractivity contribution in [2.75, 3.05) is 0 Å². The van der Waals surface area contributed by atoms with E-state index in [-0.39, 0.29) is 10.7 Å². The Balaban J connectivity index is 2.10. The molecule has 0 aromatic carbocycles. The van der Waals surface area contributed by atoms with Gasteiger partial charge in [-0.2, -0.15) is 0 Å². The van der Waals surface area contributed by atoms with E-state index in [4.69, 9.17) is 0 Å². The number of allylic oxidation sites excluding steroid dienone is 5. The molecule has 3 rings (SSSR count). The largest absolute Gasteiger partial charge is 0.294 e. The van der Waals surface area contributed by atoms with Gasteiger partial charge in [-0.05, 0) is 80.2 Å². The molecule has 0 N–H and O–H groups in total. The first-order valence-corrected chi connectivity index (χ1v) is 10.6. The van der Waals surface area contributed by atoms with E-state index in [0.29, 0.717) is 5.78 Å². The summed E-state index contributed by atoms with van der Waals surface area (Å²) in [5.41, 5.74) is 8.44. The molecule has 0 bridgehead atoms. The lowest BCUT2D eigenvalue weighted by atomic mass is 9.73. The smallest absolute Gasteiger partial charge is 0.164 e. The van der Waals surface area contributed by atoms with Crippen molar-refractivity contribution in [3.63, 3.8) is 0 Å². The molecule has 0 fully saturated rings. The van der Waals surface area contributed by atoms with Crippen LogP contribution in [0.1, 0.15) is 53.4 Å². The topological polar surface area (TPSA) is 17.1 Å². The number of fused-ring (bicyclic) bond motifs is 2. The molecule has 0 radical (unpaired) electrons. The van der Waals surface area contributed by atoms with Gasteiger partial charge in [0.1, 0.15) is 0 Å². The second kappa shape index (κ2) is 5.01. The molecule has 2 atom stereocenters. The van der Waals surface area contributed by atoms with E-state index in [1.807, 2.05) is 8.93 Å². The van der Waals surface area contributed by atoms with Gasteiger partial charge in [-0.3, -0.25) is 4.79 Å². The summed E-state index contributed by atoms with van der Waals surface area (Å²) in [6.45, 7) is 8.88. The van der Waals surface area contributed by atoms with E-state index in [9.17, 15) is 4.79 Å². The fourth-order valence-corrected chi connectivity index (χ4v) is 7.00. The van der Waals surface area contributed by atoms with Crippen LogP contribution in [-0.4, -0.2) is 10.5 Å². The molecule has 0 aromatic heterocycles. The molecule has 3 heteroatoms. The van der Waals surface area contributed by atoms with Gasteiger partial charge in [-0.1, -0.05) is 31.2 Å². The van der Waals surface area contributed by atoms with Gasteiger partial charge in [0.25, 0.3) is 0 Å². The number of rotatable bonds is 1. The molecule has 108 valence electrons. The van der Waals surface area contributed by atoms with Gasteiger partial charge >= 0.3 is 0 Å². The molecule has 0 spiro atoms. The van der Waals surface area contributed by atoms with Crippen LogP contribution >= 0.6 is 30.1 Å². The average molecular weight is 400 g/mol. The number of Topliss-reactive ketones (excluding diaryl/α,β-unsaturated/α-hetero) is 1. The Labute approximate surface area is 137 Å². The van der Waals surface area contributed by atoms with E-state index in [2.05, 4.69) is 48.9 Å². The Bertz CT molecular complexity index is 596. The summed E-state index contributed by atoms with van der Waals surface area (Å²) in [6, 6.07) is 0. The Hall–Kier alpha value is -0.0300. The summed E-state index contributed by atoms with van der Waals surface area (Å²) in [6.07, 6.45) is 3.94. The summed E-state index contributed by atoms with van der Waals surface area (Å²) >= 11 is 2.43. The maximum atomic E-state index is 12.9. The molecule has 0 saturated carbocycles. The quantitative estimate of drug-likeness (QED) is 0.423. The highest BCUT2D eigenvalue weighted by Gasteiger charge is 2.55. The van der Waals surface area contributed by atoms with Crippen LogP contribution in [0.15, 0.2) is 33.4 Å². The van der Waals surface area contributed by atoms with Gasteiger partial charge in [-0.25, -0.2) is 0 Å². The van der Waals surface area contributed by atoms with Crippen molar-refractivity contribution < 1.29 is 4.79 Å². The lowest BCUT2D eigenvalue weighted by Gasteiger charge is -2.40. The molecule has 0 heterocycles. The molecule has 0 aliphatic heterocycles. The molecular formula is C17H21IOS. The maximum absolute atomic E-state index is 12.9. The van der Waals surface area contributed by atoms with Crippen molar-refractivity contribution in [3.8, 4) is 0 Å².